The summed E-state index contributed by atoms with van der Waals surface area (Å²) in [6.45, 7) is 2.18. The monoisotopic (exact) mass is 281 g/mol. The Kier molecular flexibility index (Phi) is 5.32. The number of urea groups is 1. The van der Waals surface area contributed by atoms with Gasteiger partial charge in [-0.05, 0) is 17.7 Å². The zero-order valence-electron chi connectivity index (χ0n) is 11.1. The molecule has 2 amide bonds. The number of carbonyl (C=O) groups is 1. The fourth-order valence-corrected chi connectivity index (χ4v) is 2.76. The normalized spacial score (nSPS) is 15.7. The number of carbonyl (C=O) groups excluding carboxylic acids is 1. The van der Waals surface area contributed by atoms with Crippen molar-refractivity contribution >= 4 is 17.8 Å². The van der Waals surface area contributed by atoms with Gasteiger partial charge < -0.3 is 15.0 Å². The summed E-state index contributed by atoms with van der Waals surface area (Å²) in [6, 6.07) is 3.72. The first-order chi connectivity index (χ1) is 9.29. The van der Waals surface area contributed by atoms with E-state index in [1.54, 1.807) is 19.4 Å². The Morgan fingerprint density at radius 1 is 1.47 bits per heavy atom. The van der Waals surface area contributed by atoms with E-state index in [0.29, 0.717) is 12.4 Å². The number of pyridine rings is 1. The Morgan fingerprint density at radius 3 is 3.11 bits per heavy atom. The number of hydrogen-bond acceptors (Lipinski definition) is 4. The van der Waals surface area contributed by atoms with E-state index in [9.17, 15) is 4.79 Å². The average molecular weight is 281 g/mol. The summed E-state index contributed by atoms with van der Waals surface area (Å²) in [4.78, 5) is 18.0. The highest BCUT2D eigenvalue weighted by Gasteiger charge is 2.14. The van der Waals surface area contributed by atoms with E-state index in [1.165, 1.54) is 0 Å². The lowest BCUT2D eigenvalue weighted by molar-refractivity contribution is 0.201. The van der Waals surface area contributed by atoms with Gasteiger partial charge in [0.25, 0.3) is 0 Å². The van der Waals surface area contributed by atoms with Gasteiger partial charge in [-0.15, -0.1) is 0 Å². The molecular weight excluding hydrogens is 262 g/mol. The van der Waals surface area contributed by atoms with Gasteiger partial charge in [0.2, 0.25) is 5.88 Å². The second-order valence-corrected chi connectivity index (χ2v) is 5.55. The number of thioether (sulfide) groups is 1. The Morgan fingerprint density at radius 2 is 2.37 bits per heavy atom. The Hall–Kier alpha value is -1.43. The molecule has 0 aromatic carbocycles. The highest BCUT2D eigenvalue weighted by Crippen LogP contribution is 2.10. The molecule has 2 heterocycles. The maximum absolute atomic E-state index is 12.0. The molecule has 0 aliphatic carbocycles. The van der Waals surface area contributed by atoms with Crippen LogP contribution in [0.5, 0.6) is 5.88 Å². The topological polar surface area (TPSA) is 54.5 Å². The van der Waals surface area contributed by atoms with E-state index >= 15 is 0 Å². The summed E-state index contributed by atoms with van der Waals surface area (Å²) < 4.78 is 4.99. The molecule has 1 N–H and O–H groups in total. The summed E-state index contributed by atoms with van der Waals surface area (Å²) in [7, 11) is 1.58. The van der Waals surface area contributed by atoms with Crippen LogP contribution in [-0.2, 0) is 6.54 Å². The van der Waals surface area contributed by atoms with Crippen LogP contribution < -0.4 is 10.1 Å². The molecular formula is C13H19N3O2S. The van der Waals surface area contributed by atoms with E-state index in [4.69, 9.17) is 4.74 Å². The van der Waals surface area contributed by atoms with Crippen LogP contribution in [-0.4, -0.2) is 47.6 Å². The van der Waals surface area contributed by atoms with Gasteiger partial charge in [-0.2, -0.15) is 11.8 Å². The van der Waals surface area contributed by atoms with E-state index in [2.05, 4.69) is 10.3 Å². The van der Waals surface area contributed by atoms with Crippen LogP contribution in [0.25, 0.3) is 0 Å². The fourth-order valence-electron chi connectivity index (χ4n) is 1.87. The van der Waals surface area contributed by atoms with Crippen LogP contribution >= 0.6 is 11.8 Å². The smallest absolute Gasteiger partial charge is 0.317 e. The maximum Gasteiger partial charge on any atom is 0.317 e. The molecule has 0 saturated carbocycles. The van der Waals surface area contributed by atoms with E-state index in [1.807, 2.05) is 22.7 Å². The largest absolute Gasteiger partial charge is 0.481 e. The average Bonchev–Trinajstić information content (AvgIpc) is 2.74. The first kappa shape index (κ1) is 14.0. The summed E-state index contributed by atoms with van der Waals surface area (Å²) in [5.74, 6) is 2.75. The lowest BCUT2D eigenvalue weighted by atomic mass is 10.3. The zero-order valence-corrected chi connectivity index (χ0v) is 11.9. The molecule has 2 rings (SSSR count). The first-order valence-electron chi connectivity index (χ1n) is 6.39. The van der Waals surface area contributed by atoms with Gasteiger partial charge in [-0.3, -0.25) is 0 Å². The molecule has 1 aliphatic heterocycles. The molecule has 0 spiro atoms. The summed E-state index contributed by atoms with van der Waals surface area (Å²) in [6.07, 6.45) is 2.79. The van der Waals surface area contributed by atoms with Gasteiger partial charge in [0.1, 0.15) is 0 Å². The fraction of sp³-hybridized carbons (Fsp3) is 0.538. The Balaban J connectivity index is 1.81. The minimum absolute atomic E-state index is 0.0123. The SMILES string of the molecule is COc1ccc(CNC(=O)N2CCCSCC2)cn1. The number of methoxy groups -OCH3 is 1. The van der Waals surface area contributed by atoms with Crippen LogP contribution in [0.15, 0.2) is 18.3 Å². The lowest BCUT2D eigenvalue weighted by Gasteiger charge is -2.20. The number of aromatic nitrogens is 1. The van der Waals surface area contributed by atoms with Crippen molar-refractivity contribution in [2.45, 2.75) is 13.0 Å². The third-order valence-electron chi connectivity index (χ3n) is 2.96. The highest BCUT2D eigenvalue weighted by atomic mass is 32.2. The number of amides is 2. The Bertz CT molecular complexity index is 403. The Labute approximate surface area is 117 Å². The number of hydrogen-bond donors (Lipinski definition) is 1. The molecule has 19 heavy (non-hydrogen) atoms. The van der Waals surface area contributed by atoms with Crippen molar-refractivity contribution in [3.8, 4) is 5.88 Å². The van der Waals surface area contributed by atoms with Gasteiger partial charge in [0, 0.05) is 37.7 Å². The van der Waals surface area contributed by atoms with Crippen molar-refractivity contribution < 1.29 is 9.53 Å². The second-order valence-electron chi connectivity index (χ2n) is 4.32. The van der Waals surface area contributed by atoms with Crippen molar-refractivity contribution in [1.82, 2.24) is 15.2 Å². The molecule has 6 heteroatoms. The van der Waals surface area contributed by atoms with Gasteiger partial charge in [0.05, 0.1) is 7.11 Å². The molecule has 0 radical (unpaired) electrons. The molecule has 1 aromatic heterocycles. The number of rotatable bonds is 3. The third-order valence-corrected chi connectivity index (χ3v) is 4.01. The van der Waals surface area contributed by atoms with Gasteiger partial charge in [-0.1, -0.05) is 6.07 Å². The molecule has 0 atom stereocenters. The van der Waals surface area contributed by atoms with Crippen LogP contribution in [0.2, 0.25) is 0 Å². The summed E-state index contributed by atoms with van der Waals surface area (Å²) >= 11 is 1.91. The minimum atomic E-state index is 0.0123. The molecule has 1 saturated heterocycles. The van der Waals surface area contributed by atoms with E-state index in [-0.39, 0.29) is 6.03 Å². The molecule has 1 aliphatic rings. The number of nitrogens with one attached hydrogen (secondary N) is 1. The van der Waals surface area contributed by atoms with Gasteiger partial charge >= 0.3 is 6.03 Å². The van der Waals surface area contributed by atoms with Crippen molar-refractivity contribution in [2.24, 2.45) is 0 Å². The molecule has 5 nitrogen and oxygen atoms in total. The predicted octanol–water partition coefficient (Wildman–Crippen LogP) is 1.74. The van der Waals surface area contributed by atoms with Crippen LogP contribution in [0, 0.1) is 0 Å². The molecule has 104 valence electrons. The van der Waals surface area contributed by atoms with Crippen molar-refractivity contribution in [2.75, 3.05) is 31.7 Å². The molecule has 0 unspecified atom stereocenters. The van der Waals surface area contributed by atoms with Crippen LogP contribution in [0.4, 0.5) is 4.79 Å². The van der Waals surface area contributed by atoms with Crippen molar-refractivity contribution in [3.05, 3.63) is 23.9 Å². The zero-order chi connectivity index (χ0) is 13.5. The minimum Gasteiger partial charge on any atom is -0.481 e. The third kappa shape index (κ3) is 4.31. The highest BCUT2D eigenvalue weighted by molar-refractivity contribution is 7.99. The van der Waals surface area contributed by atoms with Crippen LogP contribution in [0.1, 0.15) is 12.0 Å². The van der Waals surface area contributed by atoms with Crippen molar-refractivity contribution in [3.63, 3.8) is 0 Å². The lowest BCUT2D eigenvalue weighted by Crippen LogP contribution is -2.40. The second kappa shape index (κ2) is 7.23. The standard InChI is InChI=1S/C13H19N3O2S/c1-18-12-4-3-11(9-14-12)10-15-13(17)16-5-2-7-19-8-6-16/h3-4,9H,2,5-8,10H2,1H3,(H,15,17). The van der Waals surface area contributed by atoms with E-state index < -0.39 is 0 Å². The summed E-state index contributed by atoms with van der Waals surface area (Å²) in [5.41, 5.74) is 0.971. The number of ether oxygens (including phenoxy) is 1. The van der Waals surface area contributed by atoms with Crippen molar-refractivity contribution in [1.29, 1.82) is 0 Å². The molecule has 1 fully saturated rings. The number of nitrogens with zero attached hydrogens (tertiary/aromatic N) is 2. The molecule has 0 bridgehead atoms. The predicted molar refractivity (Wildman–Crippen MR) is 76.5 cm³/mol. The van der Waals surface area contributed by atoms with Crippen LogP contribution in [0.3, 0.4) is 0 Å². The van der Waals surface area contributed by atoms with Gasteiger partial charge in [0.15, 0.2) is 0 Å². The first-order valence-corrected chi connectivity index (χ1v) is 7.54. The maximum atomic E-state index is 12.0. The summed E-state index contributed by atoms with van der Waals surface area (Å²) in [5, 5.41) is 2.93. The molecule has 1 aromatic rings. The van der Waals surface area contributed by atoms with E-state index in [0.717, 1.165) is 36.6 Å². The van der Waals surface area contributed by atoms with Gasteiger partial charge in [-0.25, -0.2) is 9.78 Å². The quantitative estimate of drug-likeness (QED) is 0.917.